The second kappa shape index (κ2) is 10.2. The van der Waals surface area contributed by atoms with Gasteiger partial charge in [0, 0.05) is 25.6 Å². The van der Waals surface area contributed by atoms with Crippen LogP contribution in [0.15, 0.2) is 0 Å². The summed E-state index contributed by atoms with van der Waals surface area (Å²) in [7, 11) is 0. The second-order valence-electron chi connectivity index (χ2n) is 5.70. The Kier molecular flexibility index (Phi) is 8.86. The van der Waals surface area contributed by atoms with E-state index in [4.69, 9.17) is 0 Å². The number of rotatable bonds is 9. The molecule has 1 N–H and O–H groups in total. The van der Waals surface area contributed by atoms with Crippen molar-refractivity contribution in [2.45, 2.75) is 58.9 Å². The monoisotopic (exact) mass is 283 g/mol. The summed E-state index contributed by atoms with van der Waals surface area (Å²) in [6.45, 7) is 12.6. The van der Waals surface area contributed by atoms with Gasteiger partial charge < -0.3 is 15.1 Å². The van der Waals surface area contributed by atoms with E-state index in [1.807, 2.05) is 4.90 Å². The zero-order chi connectivity index (χ0) is 14.8. The van der Waals surface area contributed by atoms with Gasteiger partial charge in [0.2, 0.25) is 5.91 Å². The van der Waals surface area contributed by atoms with Crippen molar-refractivity contribution in [2.24, 2.45) is 0 Å². The summed E-state index contributed by atoms with van der Waals surface area (Å²) in [6.07, 6.45) is 5.44. The molecule has 1 atom stereocenters. The van der Waals surface area contributed by atoms with Crippen molar-refractivity contribution in [3.63, 3.8) is 0 Å². The minimum Gasteiger partial charge on any atom is -0.343 e. The molecule has 0 aromatic rings. The van der Waals surface area contributed by atoms with Gasteiger partial charge in [0.15, 0.2) is 0 Å². The van der Waals surface area contributed by atoms with Gasteiger partial charge in [-0.05, 0) is 52.4 Å². The fraction of sp³-hybridized carbons (Fsp3) is 0.938. The molecule has 20 heavy (non-hydrogen) atoms. The maximum Gasteiger partial charge on any atom is 0.224 e. The first-order valence-corrected chi connectivity index (χ1v) is 8.44. The molecule has 0 saturated carbocycles. The lowest BCUT2D eigenvalue weighted by Crippen LogP contribution is -2.41. The molecular weight excluding hydrogens is 250 g/mol. The lowest BCUT2D eigenvalue weighted by molar-refractivity contribution is -0.131. The average Bonchev–Trinajstić information content (AvgIpc) is 2.48. The van der Waals surface area contributed by atoms with E-state index in [1.165, 1.54) is 12.8 Å². The lowest BCUT2D eigenvalue weighted by atomic mass is 10.0. The van der Waals surface area contributed by atoms with Crippen LogP contribution in [0.1, 0.15) is 52.9 Å². The molecule has 0 spiro atoms. The first-order valence-electron chi connectivity index (χ1n) is 8.44. The maximum atomic E-state index is 12.3. The maximum absolute atomic E-state index is 12.3. The number of nitrogens with one attached hydrogen (secondary N) is 1. The predicted octanol–water partition coefficient (Wildman–Crippen LogP) is 2.10. The van der Waals surface area contributed by atoms with E-state index in [1.54, 1.807) is 0 Å². The van der Waals surface area contributed by atoms with Crippen molar-refractivity contribution in [1.82, 2.24) is 15.1 Å². The smallest absolute Gasteiger partial charge is 0.224 e. The third-order valence-electron chi connectivity index (χ3n) is 4.36. The zero-order valence-electron chi connectivity index (χ0n) is 13.7. The van der Waals surface area contributed by atoms with Crippen LogP contribution in [0.5, 0.6) is 0 Å². The van der Waals surface area contributed by atoms with Crippen LogP contribution in [0, 0.1) is 0 Å². The van der Waals surface area contributed by atoms with Crippen molar-refractivity contribution in [3.05, 3.63) is 0 Å². The first-order chi connectivity index (χ1) is 9.71. The zero-order valence-corrected chi connectivity index (χ0v) is 13.7. The SMILES string of the molecule is CCN(CC)CCCN(CC)C(=O)CC1CCCCN1. The van der Waals surface area contributed by atoms with Gasteiger partial charge >= 0.3 is 0 Å². The molecule has 1 amide bonds. The van der Waals surface area contributed by atoms with E-state index in [2.05, 4.69) is 31.0 Å². The van der Waals surface area contributed by atoms with Crippen LogP contribution >= 0.6 is 0 Å². The van der Waals surface area contributed by atoms with Crippen molar-refractivity contribution >= 4 is 5.91 Å². The largest absolute Gasteiger partial charge is 0.343 e. The Morgan fingerprint density at radius 1 is 1.10 bits per heavy atom. The number of hydrogen-bond donors (Lipinski definition) is 1. The van der Waals surface area contributed by atoms with Gasteiger partial charge in [0.05, 0.1) is 0 Å². The molecule has 1 unspecified atom stereocenters. The molecule has 1 fully saturated rings. The quantitative estimate of drug-likeness (QED) is 0.704. The normalized spacial score (nSPS) is 19.3. The third kappa shape index (κ3) is 6.23. The first kappa shape index (κ1) is 17.4. The fourth-order valence-corrected chi connectivity index (χ4v) is 2.92. The van der Waals surface area contributed by atoms with Gasteiger partial charge in [-0.15, -0.1) is 0 Å². The summed E-state index contributed by atoms with van der Waals surface area (Å²) in [4.78, 5) is 16.8. The summed E-state index contributed by atoms with van der Waals surface area (Å²) in [5.74, 6) is 0.325. The molecule has 118 valence electrons. The Morgan fingerprint density at radius 3 is 2.40 bits per heavy atom. The Hall–Kier alpha value is -0.610. The molecule has 1 heterocycles. The van der Waals surface area contributed by atoms with Gasteiger partial charge in [0.25, 0.3) is 0 Å². The average molecular weight is 283 g/mol. The standard InChI is InChI=1S/C16H33N3O/c1-4-18(5-2)12-9-13-19(6-3)16(20)14-15-10-7-8-11-17-15/h15,17H,4-14H2,1-3H3. The van der Waals surface area contributed by atoms with E-state index in [-0.39, 0.29) is 0 Å². The number of carbonyl (C=O) groups is 1. The van der Waals surface area contributed by atoms with Gasteiger partial charge in [-0.3, -0.25) is 4.79 Å². The number of carbonyl (C=O) groups excluding carboxylic acids is 1. The summed E-state index contributed by atoms with van der Waals surface area (Å²) in [5, 5.41) is 3.47. The fourth-order valence-electron chi connectivity index (χ4n) is 2.92. The molecule has 0 aromatic carbocycles. The van der Waals surface area contributed by atoms with Crippen molar-refractivity contribution in [2.75, 3.05) is 39.3 Å². The Balaban J connectivity index is 2.27. The summed E-state index contributed by atoms with van der Waals surface area (Å²) < 4.78 is 0. The topological polar surface area (TPSA) is 35.6 Å². The van der Waals surface area contributed by atoms with Gasteiger partial charge in [-0.1, -0.05) is 20.3 Å². The summed E-state index contributed by atoms with van der Waals surface area (Å²) in [6, 6.07) is 0.410. The van der Waals surface area contributed by atoms with E-state index < -0.39 is 0 Å². The molecular formula is C16H33N3O. The molecule has 0 aliphatic carbocycles. The van der Waals surface area contributed by atoms with Crippen LogP contribution in [0.2, 0.25) is 0 Å². The molecule has 0 bridgehead atoms. The van der Waals surface area contributed by atoms with Crippen LogP contribution in [0.4, 0.5) is 0 Å². The highest BCUT2D eigenvalue weighted by Gasteiger charge is 2.19. The highest BCUT2D eigenvalue weighted by Crippen LogP contribution is 2.11. The molecule has 1 aliphatic rings. The Labute approximate surface area is 124 Å². The van der Waals surface area contributed by atoms with E-state index in [9.17, 15) is 4.79 Å². The van der Waals surface area contributed by atoms with Crippen molar-refractivity contribution in [1.29, 1.82) is 0 Å². The van der Waals surface area contributed by atoms with Gasteiger partial charge in [-0.25, -0.2) is 0 Å². The lowest BCUT2D eigenvalue weighted by Gasteiger charge is -2.27. The van der Waals surface area contributed by atoms with Crippen LogP contribution in [0.3, 0.4) is 0 Å². The number of piperidine rings is 1. The molecule has 4 heteroatoms. The summed E-state index contributed by atoms with van der Waals surface area (Å²) in [5.41, 5.74) is 0. The van der Waals surface area contributed by atoms with Crippen LogP contribution in [-0.4, -0.2) is 61.0 Å². The predicted molar refractivity (Wildman–Crippen MR) is 84.9 cm³/mol. The molecule has 0 radical (unpaired) electrons. The summed E-state index contributed by atoms with van der Waals surface area (Å²) >= 11 is 0. The van der Waals surface area contributed by atoms with Crippen LogP contribution in [0.25, 0.3) is 0 Å². The molecule has 4 nitrogen and oxygen atoms in total. The van der Waals surface area contributed by atoms with Crippen molar-refractivity contribution in [3.8, 4) is 0 Å². The minimum atomic E-state index is 0.325. The van der Waals surface area contributed by atoms with Gasteiger partial charge in [-0.2, -0.15) is 0 Å². The Morgan fingerprint density at radius 2 is 1.85 bits per heavy atom. The van der Waals surface area contributed by atoms with E-state index >= 15 is 0 Å². The van der Waals surface area contributed by atoms with Gasteiger partial charge in [0.1, 0.15) is 0 Å². The highest BCUT2D eigenvalue weighted by molar-refractivity contribution is 5.76. The van der Waals surface area contributed by atoms with E-state index in [0.717, 1.165) is 52.1 Å². The highest BCUT2D eigenvalue weighted by atomic mass is 16.2. The molecule has 0 aromatic heterocycles. The van der Waals surface area contributed by atoms with E-state index in [0.29, 0.717) is 18.4 Å². The number of nitrogens with zero attached hydrogens (tertiary/aromatic N) is 2. The molecule has 1 saturated heterocycles. The Bertz CT molecular complexity index is 260. The minimum absolute atomic E-state index is 0.325. The molecule has 1 rings (SSSR count). The third-order valence-corrected chi connectivity index (χ3v) is 4.36. The number of amides is 1. The van der Waals surface area contributed by atoms with Crippen LogP contribution < -0.4 is 5.32 Å². The second-order valence-corrected chi connectivity index (χ2v) is 5.70. The molecule has 1 aliphatic heterocycles. The van der Waals surface area contributed by atoms with Crippen LogP contribution in [-0.2, 0) is 4.79 Å². The van der Waals surface area contributed by atoms with Crippen molar-refractivity contribution < 1.29 is 4.79 Å². The number of hydrogen-bond acceptors (Lipinski definition) is 3.